The van der Waals surface area contributed by atoms with Gasteiger partial charge in [0.05, 0.1) is 0 Å². The molecule has 0 saturated heterocycles. The molecule has 1 aromatic heterocycles. The van der Waals surface area contributed by atoms with Crippen molar-refractivity contribution in [2.45, 2.75) is 18.2 Å². The maximum Gasteiger partial charge on any atom is 0.205 e. The normalized spacial score (nSPS) is 28.1. The second-order valence-corrected chi connectivity index (χ2v) is 4.51. The van der Waals surface area contributed by atoms with E-state index >= 15 is 0 Å². The molecule has 1 aromatic rings. The summed E-state index contributed by atoms with van der Waals surface area (Å²) in [6.45, 7) is 0.985. The molecule has 0 aliphatic heterocycles. The van der Waals surface area contributed by atoms with Gasteiger partial charge in [-0.15, -0.1) is 21.8 Å². The van der Waals surface area contributed by atoms with Crippen LogP contribution < -0.4 is 5.32 Å². The van der Waals surface area contributed by atoms with E-state index in [4.69, 9.17) is 11.6 Å². The zero-order chi connectivity index (χ0) is 8.39. The Bertz CT molecular complexity index is 233. The summed E-state index contributed by atoms with van der Waals surface area (Å²) in [4.78, 5) is 0. The minimum Gasteiger partial charge on any atom is -0.360 e. The molecule has 1 fully saturated rings. The van der Waals surface area contributed by atoms with Crippen LogP contribution in [0, 0.1) is 5.92 Å². The van der Waals surface area contributed by atoms with E-state index in [0.717, 1.165) is 30.4 Å². The van der Waals surface area contributed by atoms with Gasteiger partial charge in [-0.3, -0.25) is 0 Å². The minimum absolute atomic E-state index is 0.409. The molecule has 3 nitrogen and oxygen atoms in total. The third-order valence-corrected chi connectivity index (χ3v) is 3.09. The zero-order valence-electron chi connectivity index (χ0n) is 6.53. The Balaban J connectivity index is 1.70. The Labute approximate surface area is 80.2 Å². The van der Waals surface area contributed by atoms with Gasteiger partial charge in [-0.25, -0.2) is 0 Å². The maximum absolute atomic E-state index is 5.85. The molecule has 1 N–H and O–H groups in total. The van der Waals surface area contributed by atoms with Crippen molar-refractivity contribution in [1.29, 1.82) is 0 Å². The fourth-order valence-corrected chi connectivity index (χ4v) is 2.26. The number of hydrogen-bond donors (Lipinski definition) is 1. The molecule has 1 aliphatic carbocycles. The standard InChI is InChI=1S/C7H10ClN3S/c8-6-1-5(2-6)3-9-7-11-10-4-12-7/h4-6H,1-3H2,(H,9,11). The van der Waals surface area contributed by atoms with E-state index in [-0.39, 0.29) is 0 Å². The molecule has 0 unspecified atom stereocenters. The molecule has 1 aliphatic rings. The first-order valence-corrected chi connectivity index (χ1v) is 5.30. The van der Waals surface area contributed by atoms with Gasteiger partial charge in [0, 0.05) is 11.9 Å². The van der Waals surface area contributed by atoms with Crippen LogP contribution in [0.25, 0.3) is 0 Å². The lowest BCUT2D eigenvalue weighted by Gasteiger charge is -2.30. The van der Waals surface area contributed by atoms with Gasteiger partial charge in [0.1, 0.15) is 5.51 Å². The summed E-state index contributed by atoms with van der Waals surface area (Å²) in [5.74, 6) is 0.733. The lowest BCUT2D eigenvalue weighted by Crippen LogP contribution is -2.29. The van der Waals surface area contributed by atoms with Gasteiger partial charge in [0.15, 0.2) is 0 Å². The number of halogens is 1. The molecule has 0 atom stereocenters. The molecule has 0 amide bonds. The molecule has 0 aromatic carbocycles. The highest BCUT2D eigenvalue weighted by Gasteiger charge is 2.26. The van der Waals surface area contributed by atoms with E-state index in [0.29, 0.717) is 5.38 Å². The van der Waals surface area contributed by atoms with Gasteiger partial charge in [-0.05, 0) is 18.8 Å². The number of anilines is 1. The first-order valence-electron chi connectivity index (χ1n) is 3.98. The molecule has 0 radical (unpaired) electrons. The van der Waals surface area contributed by atoms with Crippen molar-refractivity contribution >= 4 is 28.1 Å². The van der Waals surface area contributed by atoms with Crippen LogP contribution >= 0.6 is 22.9 Å². The number of nitrogens with one attached hydrogen (secondary N) is 1. The summed E-state index contributed by atoms with van der Waals surface area (Å²) in [5, 5.41) is 12.2. The van der Waals surface area contributed by atoms with Crippen LogP contribution in [0.3, 0.4) is 0 Å². The first-order chi connectivity index (χ1) is 5.84. The van der Waals surface area contributed by atoms with Gasteiger partial charge < -0.3 is 5.32 Å². The number of aromatic nitrogens is 2. The van der Waals surface area contributed by atoms with Gasteiger partial charge in [-0.2, -0.15) is 0 Å². The van der Waals surface area contributed by atoms with Crippen LogP contribution in [0.4, 0.5) is 5.13 Å². The summed E-state index contributed by atoms with van der Waals surface area (Å²) >= 11 is 7.39. The van der Waals surface area contributed by atoms with Crippen molar-refractivity contribution in [3.8, 4) is 0 Å². The third-order valence-electron chi connectivity index (χ3n) is 2.08. The summed E-state index contributed by atoms with van der Waals surface area (Å²) in [5.41, 5.74) is 1.73. The second kappa shape index (κ2) is 3.58. The van der Waals surface area contributed by atoms with Crippen LogP contribution in [0.15, 0.2) is 5.51 Å². The third kappa shape index (κ3) is 1.87. The largest absolute Gasteiger partial charge is 0.360 e. The van der Waals surface area contributed by atoms with E-state index in [1.54, 1.807) is 5.51 Å². The fraction of sp³-hybridized carbons (Fsp3) is 0.714. The van der Waals surface area contributed by atoms with Gasteiger partial charge in [0.25, 0.3) is 0 Å². The van der Waals surface area contributed by atoms with Crippen LogP contribution in [0.1, 0.15) is 12.8 Å². The Hall–Kier alpha value is -0.350. The van der Waals surface area contributed by atoms with E-state index in [1.807, 2.05) is 0 Å². The topological polar surface area (TPSA) is 37.8 Å². The second-order valence-electron chi connectivity index (χ2n) is 3.06. The monoisotopic (exact) mass is 203 g/mol. The van der Waals surface area contributed by atoms with E-state index in [1.165, 1.54) is 11.3 Å². The quantitative estimate of drug-likeness (QED) is 0.764. The summed E-state index contributed by atoms with van der Waals surface area (Å²) < 4.78 is 0. The average Bonchev–Trinajstić information content (AvgIpc) is 2.47. The predicted octanol–water partition coefficient (Wildman–Crippen LogP) is 1.97. The molecule has 66 valence electrons. The fourth-order valence-electron chi connectivity index (χ4n) is 1.30. The summed E-state index contributed by atoms with van der Waals surface area (Å²) in [6.07, 6.45) is 2.26. The van der Waals surface area contributed by atoms with E-state index in [2.05, 4.69) is 15.5 Å². The van der Waals surface area contributed by atoms with Gasteiger partial charge >= 0.3 is 0 Å². The molecule has 1 heterocycles. The average molecular weight is 204 g/mol. The van der Waals surface area contributed by atoms with Crippen LogP contribution in [-0.2, 0) is 0 Å². The van der Waals surface area contributed by atoms with Crippen LogP contribution in [0.5, 0.6) is 0 Å². The first kappa shape index (κ1) is 8.26. The van der Waals surface area contributed by atoms with Crippen LogP contribution in [-0.4, -0.2) is 22.1 Å². The van der Waals surface area contributed by atoms with Gasteiger partial charge in [-0.1, -0.05) is 11.3 Å². The molecule has 5 heteroatoms. The molecular formula is C7H10ClN3S. The molecule has 1 saturated carbocycles. The molecule has 0 spiro atoms. The highest BCUT2D eigenvalue weighted by Crippen LogP contribution is 2.31. The Morgan fingerprint density at radius 2 is 2.50 bits per heavy atom. The minimum atomic E-state index is 0.409. The molecular weight excluding hydrogens is 194 g/mol. The highest BCUT2D eigenvalue weighted by molar-refractivity contribution is 7.13. The maximum atomic E-state index is 5.85. The molecule has 2 rings (SSSR count). The Morgan fingerprint density at radius 1 is 1.67 bits per heavy atom. The summed E-state index contributed by atoms with van der Waals surface area (Å²) in [6, 6.07) is 0. The van der Waals surface area contributed by atoms with Crippen molar-refractivity contribution in [3.05, 3.63) is 5.51 Å². The molecule has 12 heavy (non-hydrogen) atoms. The van der Waals surface area contributed by atoms with Crippen molar-refractivity contribution < 1.29 is 0 Å². The number of nitrogens with zero attached hydrogens (tertiary/aromatic N) is 2. The Kier molecular flexibility index (Phi) is 2.46. The lowest BCUT2D eigenvalue weighted by atomic mass is 9.85. The SMILES string of the molecule is ClC1CC(CNc2nncs2)C1. The van der Waals surface area contributed by atoms with Crippen molar-refractivity contribution in [2.75, 3.05) is 11.9 Å². The number of rotatable bonds is 3. The highest BCUT2D eigenvalue weighted by atomic mass is 35.5. The molecule has 0 bridgehead atoms. The van der Waals surface area contributed by atoms with Gasteiger partial charge in [0.2, 0.25) is 5.13 Å². The van der Waals surface area contributed by atoms with E-state index in [9.17, 15) is 0 Å². The number of hydrogen-bond acceptors (Lipinski definition) is 4. The van der Waals surface area contributed by atoms with Crippen molar-refractivity contribution in [1.82, 2.24) is 10.2 Å². The summed E-state index contributed by atoms with van der Waals surface area (Å²) in [7, 11) is 0. The number of alkyl halides is 1. The zero-order valence-corrected chi connectivity index (χ0v) is 8.11. The van der Waals surface area contributed by atoms with Crippen molar-refractivity contribution in [3.63, 3.8) is 0 Å². The van der Waals surface area contributed by atoms with Crippen molar-refractivity contribution in [2.24, 2.45) is 5.92 Å². The van der Waals surface area contributed by atoms with E-state index < -0.39 is 0 Å². The predicted molar refractivity (Wildman–Crippen MR) is 50.8 cm³/mol. The van der Waals surface area contributed by atoms with Crippen LogP contribution in [0.2, 0.25) is 0 Å². The lowest BCUT2D eigenvalue weighted by molar-refractivity contribution is 0.341. The smallest absolute Gasteiger partial charge is 0.205 e. The Morgan fingerprint density at radius 3 is 3.08 bits per heavy atom.